The Kier molecular flexibility index (Phi) is 3.69. The molecule has 124 valence electrons. The van der Waals surface area contributed by atoms with Crippen LogP contribution in [-0.2, 0) is 6.42 Å². The third kappa shape index (κ3) is 2.63. The number of rotatable bonds is 2. The quantitative estimate of drug-likeness (QED) is 0.785. The number of carbonyl (C=O) groups excluding carboxylic acids is 1. The molecule has 0 aliphatic carbocycles. The summed E-state index contributed by atoms with van der Waals surface area (Å²) in [5, 5.41) is 0. The molecule has 2 aromatic heterocycles. The molecule has 1 atom stereocenters. The highest BCUT2D eigenvalue weighted by molar-refractivity contribution is 6.07. The first-order valence-electron chi connectivity index (χ1n) is 8.20. The Hall–Kier alpha value is -3.21. The molecule has 1 aromatic carbocycles. The van der Waals surface area contributed by atoms with Crippen molar-refractivity contribution >= 4 is 11.6 Å². The molecule has 5 nitrogen and oxygen atoms in total. The Labute approximate surface area is 145 Å². The summed E-state index contributed by atoms with van der Waals surface area (Å²) in [4.78, 5) is 34.0. The van der Waals surface area contributed by atoms with Gasteiger partial charge in [-0.1, -0.05) is 18.2 Å². The molecular weight excluding hydrogens is 314 g/mol. The summed E-state index contributed by atoms with van der Waals surface area (Å²) in [6.07, 6.45) is 4.13. The SMILES string of the molecule is C[C@@H]1Cc2ccccc2N1C(=O)c1ccc(-c2ccncc2)[nH]c1=O. The highest BCUT2D eigenvalue weighted by atomic mass is 16.2. The van der Waals surface area contributed by atoms with Crippen LogP contribution >= 0.6 is 0 Å². The number of pyridine rings is 2. The summed E-state index contributed by atoms with van der Waals surface area (Å²) in [5.74, 6) is -0.264. The van der Waals surface area contributed by atoms with Crippen molar-refractivity contribution in [3.8, 4) is 11.3 Å². The van der Waals surface area contributed by atoms with Crippen molar-refractivity contribution in [2.24, 2.45) is 0 Å². The highest BCUT2D eigenvalue weighted by Gasteiger charge is 2.32. The van der Waals surface area contributed by atoms with E-state index in [1.165, 1.54) is 0 Å². The zero-order valence-corrected chi connectivity index (χ0v) is 13.8. The molecule has 3 heterocycles. The zero-order valence-electron chi connectivity index (χ0n) is 13.8. The van der Waals surface area contributed by atoms with Gasteiger partial charge in [-0.05, 0) is 49.2 Å². The van der Waals surface area contributed by atoms with Gasteiger partial charge in [-0.2, -0.15) is 0 Å². The number of aromatic amines is 1. The van der Waals surface area contributed by atoms with Crippen molar-refractivity contribution in [2.75, 3.05) is 4.90 Å². The van der Waals surface area contributed by atoms with Gasteiger partial charge in [0, 0.05) is 35.4 Å². The molecule has 25 heavy (non-hydrogen) atoms. The molecule has 0 fully saturated rings. The summed E-state index contributed by atoms with van der Waals surface area (Å²) >= 11 is 0. The van der Waals surface area contributed by atoms with Gasteiger partial charge in [0.1, 0.15) is 5.56 Å². The van der Waals surface area contributed by atoms with E-state index in [4.69, 9.17) is 0 Å². The number of nitrogens with one attached hydrogen (secondary N) is 1. The van der Waals surface area contributed by atoms with E-state index in [0.29, 0.717) is 5.69 Å². The normalized spacial score (nSPS) is 15.9. The van der Waals surface area contributed by atoms with Gasteiger partial charge in [-0.3, -0.25) is 14.6 Å². The van der Waals surface area contributed by atoms with Gasteiger partial charge in [0.05, 0.1) is 0 Å². The molecule has 0 saturated carbocycles. The number of hydrogen-bond acceptors (Lipinski definition) is 3. The van der Waals surface area contributed by atoms with Crippen LogP contribution in [0.4, 0.5) is 5.69 Å². The van der Waals surface area contributed by atoms with Crippen LogP contribution in [0.25, 0.3) is 11.3 Å². The van der Waals surface area contributed by atoms with Gasteiger partial charge >= 0.3 is 0 Å². The molecule has 3 aromatic rings. The van der Waals surface area contributed by atoms with Crippen molar-refractivity contribution < 1.29 is 4.79 Å². The third-order valence-corrected chi connectivity index (χ3v) is 4.56. The summed E-state index contributed by atoms with van der Waals surface area (Å²) in [5.41, 5.74) is 3.31. The highest BCUT2D eigenvalue weighted by Crippen LogP contribution is 2.32. The standard InChI is InChI=1S/C20H17N3O2/c1-13-12-15-4-2-3-5-18(15)23(13)20(25)16-6-7-17(22-19(16)24)14-8-10-21-11-9-14/h2-11,13H,12H2,1H3,(H,22,24)/t13-/m1/s1. The van der Waals surface area contributed by atoms with Crippen LogP contribution in [0, 0.1) is 0 Å². The number of H-pyrrole nitrogens is 1. The van der Waals surface area contributed by atoms with Crippen molar-refractivity contribution in [1.82, 2.24) is 9.97 Å². The van der Waals surface area contributed by atoms with Crippen molar-refractivity contribution in [1.29, 1.82) is 0 Å². The number of hydrogen-bond donors (Lipinski definition) is 1. The lowest BCUT2D eigenvalue weighted by molar-refractivity contribution is 0.0980. The monoisotopic (exact) mass is 331 g/mol. The predicted molar refractivity (Wildman–Crippen MR) is 96.7 cm³/mol. The first kappa shape index (κ1) is 15.3. The third-order valence-electron chi connectivity index (χ3n) is 4.56. The van der Waals surface area contributed by atoms with Crippen molar-refractivity contribution in [3.63, 3.8) is 0 Å². The molecule has 1 amide bonds. The largest absolute Gasteiger partial charge is 0.321 e. The Morgan fingerprint density at radius 2 is 1.88 bits per heavy atom. The van der Waals surface area contributed by atoms with E-state index in [1.807, 2.05) is 43.3 Å². The van der Waals surface area contributed by atoms with Crippen molar-refractivity contribution in [2.45, 2.75) is 19.4 Å². The van der Waals surface area contributed by atoms with E-state index in [1.54, 1.807) is 29.4 Å². The lowest BCUT2D eigenvalue weighted by Gasteiger charge is -2.22. The molecule has 0 spiro atoms. The lowest BCUT2D eigenvalue weighted by atomic mass is 10.1. The minimum atomic E-state index is -0.379. The number of aromatic nitrogens is 2. The van der Waals surface area contributed by atoms with E-state index >= 15 is 0 Å². The van der Waals surface area contributed by atoms with Gasteiger partial charge in [0.2, 0.25) is 0 Å². The minimum Gasteiger partial charge on any atom is -0.321 e. The van der Waals surface area contributed by atoms with Gasteiger partial charge in [-0.25, -0.2) is 0 Å². The summed E-state index contributed by atoms with van der Waals surface area (Å²) in [7, 11) is 0. The molecule has 0 bridgehead atoms. The lowest BCUT2D eigenvalue weighted by Crippen LogP contribution is -2.38. The Morgan fingerprint density at radius 3 is 2.64 bits per heavy atom. The second-order valence-electron chi connectivity index (χ2n) is 6.21. The van der Waals surface area contributed by atoms with Crippen LogP contribution < -0.4 is 10.5 Å². The topological polar surface area (TPSA) is 66.1 Å². The number of anilines is 1. The molecule has 1 aliphatic rings. The van der Waals surface area contributed by atoms with E-state index in [9.17, 15) is 9.59 Å². The van der Waals surface area contributed by atoms with Gasteiger partial charge < -0.3 is 9.88 Å². The number of para-hydroxylation sites is 1. The first-order chi connectivity index (χ1) is 12.1. The molecular formula is C20H17N3O2. The predicted octanol–water partition coefficient (Wildman–Crippen LogP) is 3.03. The molecule has 1 N–H and O–H groups in total. The molecule has 0 radical (unpaired) electrons. The van der Waals surface area contributed by atoms with Crippen LogP contribution in [0.15, 0.2) is 65.7 Å². The zero-order chi connectivity index (χ0) is 17.4. The number of benzene rings is 1. The fourth-order valence-corrected chi connectivity index (χ4v) is 3.35. The number of amides is 1. The van der Waals surface area contributed by atoms with Crippen LogP contribution in [-0.4, -0.2) is 21.9 Å². The average molecular weight is 331 g/mol. The first-order valence-corrected chi connectivity index (χ1v) is 8.20. The molecule has 5 heteroatoms. The van der Waals surface area contributed by atoms with E-state index in [2.05, 4.69) is 9.97 Å². The van der Waals surface area contributed by atoms with Crippen LogP contribution in [0.2, 0.25) is 0 Å². The molecule has 4 rings (SSSR count). The maximum Gasteiger partial charge on any atom is 0.264 e. The number of fused-ring (bicyclic) bond motifs is 1. The Bertz CT molecular complexity index is 995. The van der Waals surface area contributed by atoms with Crippen LogP contribution in [0.3, 0.4) is 0 Å². The van der Waals surface area contributed by atoms with Gasteiger partial charge in [0.25, 0.3) is 11.5 Å². The maximum atomic E-state index is 13.0. The summed E-state index contributed by atoms with van der Waals surface area (Å²) in [6, 6.07) is 14.8. The molecule has 1 aliphatic heterocycles. The number of carbonyl (C=O) groups is 1. The van der Waals surface area contributed by atoms with E-state index in [-0.39, 0.29) is 23.1 Å². The van der Waals surface area contributed by atoms with E-state index in [0.717, 1.165) is 23.2 Å². The Balaban J connectivity index is 1.71. The van der Waals surface area contributed by atoms with Gasteiger partial charge in [-0.15, -0.1) is 0 Å². The Morgan fingerprint density at radius 1 is 1.12 bits per heavy atom. The van der Waals surface area contributed by atoms with Gasteiger partial charge in [0.15, 0.2) is 0 Å². The van der Waals surface area contributed by atoms with Crippen LogP contribution in [0.1, 0.15) is 22.8 Å². The fraction of sp³-hybridized carbons (Fsp3) is 0.150. The second-order valence-corrected chi connectivity index (χ2v) is 6.21. The summed E-state index contributed by atoms with van der Waals surface area (Å²) < 4.78 is 0. The van der Waals surface area contributed by atoms with Crippen molar-refractivity contribution in [3.05, 3.63) is 82.4 Å². The number of nitrogens with zero attached hydrogens (tertiary/aromatic N) is 2. The fourth-order valence-electron chi connectivity index (χ4n) is 3.35. The minimum absolute atomic E-state index is 0.0316. The molecule has 0 saturated heterocycles. The maximum absolute atomic E-state index is 13.0. The average Bonchev–Trinajstić information content (AvgIpc) is 2.97. The smallest absolute Gasteiger partial charge is 0.264 e. The molecule has 0 unspecified atom stereocenters. The van der Waals surface area contributed by atoms with E-state index < -0.39 is 0 Å². The summed E-state index contributed by atoms with van der Waals surface area (Å²) in [6.45, 7) is 2.00. The van der Waals surface area contributed by atoms with Crippen LogP contribution in [0.5, 0.6) is 0 Å². The second kappa shape index (κ2) is 6.02.